The second-order valence-electron chi connectivity index (χ2n) is 9.34. The van der Waals surface area contributed by atoms with E-state index in [1.165, 1.54) is 40.5 Å². The van der Waals surface area contributed by atoms with Gasteiger partial charge in [0.1, 0.15) is 28.5 Å². The van der Waals surface area contributed by atoms with Gasteiger partial charge in [-0.3, -0.25) is 0 Å². The molecular formula is C31H30PReS4-. The third-order valence-electron chi connectivity index (χ3n) is 7.34. The number of fused-ring (bicyclic) bond motifs is 2. The Bertz CT molecular complexity index is 1080. The summed E-state index contributed by atoms with van der Waals surface area (Å²) in [4.78, 5) is 0. The first-order valence-corrected chi connectivity index (χ1v) is 22.5. The number of hydrogen-bond donors (Lipinski definition) is 0. The second kappa shape index (κ2) is 14.5. The Kier molecular flexibility index (Phi) is 11.4. The maximum absolute atomic E-state index is 5.27. The Morgan fingerprint density at radius 2 is 0.757 bits per heavy atom. The van der Waals surface area contributed by atoms with E-state index < -0.39 is 21.7 Å². The molecule has 0 spiro atoms. The molecule has 4 aromatic carbocycles. The summed E-state index contributed by atoms with van der Waals surface area (Å²) in [7, 11) is 6.82. The van der Waals surface area contributed by atoms with Crippen LogP contribution in [0.25, 0.3) is 0 Å². The average Bonchev–Trinajstić information content (AvgIpc) is 3.55. The van der Waals surface area contributed by atoms with E-state index in [0.717, 1.165) is 11.8 Å². The van der Waals surface area contributed by atoms with E-state index in [2.05, 4.69) is 141 Å². The van der Waals surface area contributed by atoms with Crippen molar-refractivity contribution in [3.8, 4) is 0 Å². The fourth-order valence-electron chi connectivity index (χ4n) is 5.69. The predicted molar refractivity (Wildman–Crippen MR) is 170 cm³/mol. The van der Waals surface area contributed by atoms with Gasteiger partial charge in [0, 0.05) is 0 Å². The van der Waals surface area contributed by atoms with Crippen LogP contribution in [0.5, 0.6) is 0 Å². The van der Waals surface area contributed by atoms with Gasteiger partial charge in [0.05, 0.1) is 0 Å². The molecule has 6 heteroatoms. The average molecular weight is 748 g/mol. The Hall–Kier alpha value is -0.888. The molecule has 2 aliphatic carbocycles. The van der Waals surface area contributed by atoms with Gasteiger partial charge in [-0.15, -0.1) is 0 Å². The molecular weight excluding hydrogens is 718 g/mol. The summed E-state index contributed by atoms with van der Waals surface area (Å²) in [6, 6.07) is 43.8. The standard InChI is InChI=1S/C24H20P.C7H12S2.Re.2S/c1-5-13-21(14-6-1)25(22-15-7-2-8-16-22,23-17-9-3-10-18-23)24-19-11-4-12-20-24;8-6-4-1-2-5(3-4)7(6)9;;;/h1-20H;4-9H,1-3H2;;;/q+1;;;;/p-2. The summed E-state index contributed by atoms with van der Waals surface area (Å²) in [5, 5.41) is 6.44. The van der Waals surface area contributed by atoms with E-state index in [0.29, 0.717) is 10.5 Å². The van der Waals surface area contributed by atoms with Crippen molar-refractivity contribution in [2.24, 2.45) is 11.8 Å². The van der Waals surface area contributed by atoms with Crippen LogP contribution in [0.1, 0.15) is 19.3 Å². The minimum absolute atomic E-state index is 0.443. The van der Waals surface area contributed by atoms with E-state index in [1.54, 1.807) is 0 Å². The molecule has 2 aliphatic rings. The van der Waals surface area contributed by atoms with E-state index in [9.17, 15) is 0 Å². The minimum Gasteiger partial charge on any atom is -0.0620 e. The van der Waals surface area contributed by atoms with Crippen molar-refractivity contribution < 1.29 is 14.4 Å². The molecule has 0 heterocycles. The van der Waals surface area contributed by atoms with Gasteiger partial charge >= 0.3 is 34.3 Å². The number of hydrogen-bond acceptors (Lipinski definition) is 4. The van der Waals surface area contributed by atoms with Gasteiger partial charge < -0.3 is 25.3 Å². The van der Waals surface area contributed by atoms with Crippen molar-refractivity contribution in [1.82, 2.24) is 0 Å². The quantitative estimate of drug-likeness (QED) is 0.166. The molecule has 0 radical (unpaired) electrons. The molecule has 2 bridgehead atoms. The molecule has 0 aliphatic heterocycles. The van der Waals surface area contributed by atoms with Crippen molar-refractivity contribution in [1.29, 1.82) is 0 Å². The molecule has 2 saturated carbocycles. The van der Waals surface area contributed by atoms with Crippen LogP contribution in [-0.4, -0.2) is 10.5 Å². The molecule has 2 fully saturated rings. The molecule has 4 atom stereocenters. The first kappa shape index (κ1) is 29.1. The van der Waals surface area contributed by atoms with Gasteiger partial charge in [0.15, 0.2) is 0 Å². The van der Waals surface area contributed by atoms with Crippen LogP contribution in [0.15, 0.2) is 121 Å². The SMILES string of the molecule is [S-]C1C2CCC(C2)C1[S-].[S]=[Re]=[S].c1ccc([P+](c2ccccc2)(c2ccccc2)c2ccccc2)cc1. The fourth-order valence-corrected chi connectivity index (χ4v) is 10.9. The van der Waals surface area contributed by atoms with Gasteiger partial charge in [-0.05, 0) is 48.5 Å². The maximum Gasteiger partial charge on any atom is 0.144 e. The molecule has 0 N–H and O–H groups in total. The second-order valence-corrected chi connectivity index (χ2v) is 18.4. The van der Waals surface area contributed by atoms with Crippen LogP contribution in [0.3, 0.4) is 0 Å². The van der Waals surface area contributed by atoms with Crippen molar-refractivity contribution in [3.05, 3.63) is 121 Å². The van der Waals surface area contributed by atoms with Crippen LogP contribution in [0.2, 0.25) is 0 Å². The Morgan fingerprint density at radius 1 is 0.514 bits per heavy atom. The zero-order valence-electron chi connectivity index (χ0n) is 20.4. The predicted octanol–water partition coefficient (Wildman–Crippen LogP) is 6.85. The summed E-state index contributed by atoms with van der Waals surface area (Å²) < 4.78 is 0. The van der Waals surface area contributed by atoms with Gasteiger partial charge in [-0.1, -0.05) is 104 Å². The Labute approximate surface area is 249 Å². The summed E-state index contributed by atoms with van der Waals surface area (Å²) in [6.45, 7) is 0. The van der Waals surface area contributed by atoms with Crippen LogP contribution >= 0.6 is 27.1 Å². The van der Waals surface area contributed by atoms with Crippen molar-refractivity contribution in [2.45, 2.75) is 29.8 Å². The monoisotopic (exact) mass is 748 g/mol. The first-order chi connectivity index (χ1) is 18.1. The first-order valence-electron chi connectivity index (χ1n) is 12.5. The zero-order valence-corrected chi connectivity index (χ0v) is 27.3. The Balaban J connectivity index is 0.000000220. The summed E-state index contributed by atoms with van der Waals surface area (Å²) in [6.07, 6.45) is 4.08. The zero-order chi connectivity index (χ0) is 26.1. The normalized spacial score (nSPS) is 21.7. The topological polar surface area (TPSA) is 0 Å². The van der Waals surface area contributed by atoms with E-state index in [1.807, 2.05) is 0 Å². The molecule has 4 unspecified atom stereocenters. The Morgan fingerprint density at radius 3 is 0.946 bits per heavy atom. The maximum atomic E-state index is 5.27. The largest absolute Gasteiger partial charge is 0.144 e. The van der Waals surface area contributed by atoms with Gasteiger partial charge in [-0.25, -0.2) is 0 Å². The molecule has 4 aromatic rings. The minimum atomic E-state index is -1.91. The van der Waals surface area contributed by atoms with Crippen LogP contribution in [-0.2, 0) is 39.7 Å². The summed E-state index contributed by atoms with van der Waals surface area (Å²) in [5.41, 5.74) is 0. The van der Waals surface area contributed by atoms with Gasteiger partial charge in [-0.2, -0.15) is 10.5 Å². The number of rotatable bonds is 4. The van der Waals surface area contributed by atoms with E-state index in [4.69, 9.17) is 25.3 Å². The molecule has 191 valence electrons. The van der Waals surface area contributed by atoms with Crippen molar-refractivity contribution in [3.63, 3.8) is 0 Å². The van der Waals surface area contributed by atoms with E-state index >= 15 is 0 Å². The molecule has 37 heavy (non-hydrogen) atoms. The number of benzene rings is 4. The molecule has 0 amide bonds. The van der Waals surface area contributed by atoms with Crippen molar-refractivity contribution >= 4 is 73.6 Å². The molecule has 0 aromatic heterocycles. The van der Waals surface area contributed by atoms with Gasteiger partial charge in [0.2, 0.25) is 0 Å². The molecule has 6 rings (SSSR count). The van der Waals surface area contributed by atoms with E-state index in [-0.39, 0.29) is 0 Å². The molecule has 0 saturated heterocycles. The summed E-state index contributed by atoms with van der Waals surface area (Å²) in [5.74, 6) is 1.65. The summed E-state index contributed by atoms with van der Waals surface area (Å²) >= 11 is 10.0. The van der Waals surface area contributed by atoms with Crippen LogP contribution < -0.4 is 21.2 Å². The third kappa shape index (κ3) is 6.65. The van der Waals surface area contributed by atoms with Crippen molar-refractivity contribution in [2.75, 3.05) is 0 Å². The fraction of sp³-hybridized carbons (Fsp3) is 0.226. The smallest absolute Gasteiger partial charge is 0.0620 e. The van der Waals surface area contributed by atoms with Gasteiger partial charge in [0.25, 0.3) is 0 Å². The third-order valence-corrected chi connectivity index (χ3v) is 13.2. The van der Waals surface area contributed by atoms with Crippen LogP contribution in [0, 0.1) is 11.8 Å². The molecule has 0 nitrogen and oxygen atoms in total. The van der Waals surface area contributed by atoms with Crippen LogP contribution in [0.4, 0.5) is 0 Å².